The van der Waals surface area contributed by atoms with Crippen LogP contribution in [0.25, 0.3) is 0 Å². The summed E-state index contributed by atoms with van der Waals surface area (Å²) >= 11 is 12.0. The summed E-state index contributed by atoms with van der Waals surface area (Å²) in [4.78, 5) is 14.1. The second-order valence-electron chi connectivity index (χ2n) is 5.06. The largest absolute Gasteiger partial charge is 0.334 e. The molecule has 1 amide bonds. The van der Waals surface area contributed by atoms with Gasteiger partial charge in [-0.1, -0.05) is 23.2 Å². The van der Waals surface area contributed by atoms with Gasteiger partial charge < -0.3 is 10.6 Å². The summed E-state index contributed by atoms with van der Waals surface area (Å²) in [5.41, 5.74) is 5.80. The number of halogens is 2. The Morgan fingerprint density at radius 2 is 2.05 bits per heavy atom. The fourth-order valence-electron chi connectivity index (χ4n) is 2.48. The van der Waals surface area contributed by atoms with Gasteiger partial charge in [-0.2, -0.15) is 0 Å². The number of hydrogen-bond donors (Lipinski definition) is 1. The van der Waals surface area contributed by atoms with E-state index in [0.717, 1.165) is 19.1 Å². The van der Waals surface area contributed by atoms with Gasteiger partial charge in [0.1, 0.15) is 0 Å². The summed E-state index contributed by atoms with van der Waals surface area (Å²) in [5, 5.41) is 0.149. The fraction of sp³-hybridized carbons (Fsp3) is 0.462. The Bertz CT molecular complexity index is 676. The third kappa shape index (κ3) is 3.34. The van der Waals surface area contributed by atoms with Gasteiger partial charge in [-0.25, -0.2) is 8.42 Å². The summed E-state index contributed by atoms with van der Waals surface area (Å²) in [6.45, 7) is 0.962. The van der Waals surface area contributed by atoms with Crippen molar-refractivity contribution >= 4 is 38.9 Å². The number of rotatable bonds is 3. The third-order valence-corrected chi connectivity index (χ3v) is 5.44. The van der Waals surface area contributed by atoms with E-state index in [-0.39, 0.29) is 32.5 Å². The van der Waals surface area contributed by atoms with Crippen LogP contribution in [0.5, 0.6) is 0 Å². The fourth-order valence-corrected chi connectivity index (χ4v) is 4.11. The van der Waals surface area contributed by atoms with Gasteiger partial charge >= 0.3 is 0 Å². The zero-order valence-corrected chi connectivity index (χ0v) is 13.8. The Kier molecular flexibility index (Phi) is 4.82. The summed E-state index contributed by atoms with van der Waals surface area (Å²) in [6.07, 6.45) is 2.75. The highest BCUT2D eigenvalue weighted by atomic mass is 35.5. The second kappa shape index (κ2) is 6.12. The van der Waals surface area contributed by atoms with Crippen LogP contribution in [0.3, 0.4) is 0 Å². The van der Waals surface area contributed by atoms with Crippen molar-refractivity contribution in [2.75, 3.05) is 19.3 Å². The average Bonchev–Trinajstić information content (AvgIpc) is 2.84. The number of benzene rings is 1. The number of likely N-dealkylation sites (tertiary alicyclic amines) is 1. The maximum atomic E-state index is 12.6. The van der Waals surface area contributed by atoms with Gasteiger partial charge in [0.15, 0.2) is 9.84 Å². The number of amides is 1. The van der Waals surface area contributed by atoms with Crippen molar-refractivity contribution in [1.29, 1.82) is 0 Å². The molecule has 5 nitrogen and oxygen atoms in total. The molecular formula is C13H16Cl2N2O3S. The Hall–Kier alpha value is -0.820. The highest BCUT2D eigenvalue weighted by molar-refractivity contribution is 7.90. The molecule has 1 atom stereocenters. The number of nitrogens with zero attached hydrogens (tertiary/aromatic N) is 1. The van der Waals surface area contributed by atoms with Crippen molar-refractivity contribution < 1.29 is 13.2 Å². The van der Waals surface area contributed by atoms with Gasteiger partial charge in [-0.05, 0) is 25.0 Å². The molecule has 21 heavy (non-hydrogen) atoms. The van der Waals surface area contributed by atoms with Crippen molar-refractivity contribution in [2.45, 2.75) is 23.8 Å². The molecular weight excluding hydrogens is 335 g/mol. The van der Waals surface area contributed by atoms with E-state index in [2.05, 4.69) is 0 Å². The number of sulfone groups is 1. The zero-order valence-electron chi connectivity index (χ0n) is 11.5. The lowest BCUT2D eigenvalue weighted by molar-refractivity contribution is 0.0741. The van der Waals surface area contributed by atoms with E-state index in [1.54, 1.807) is 4.90 Å². The normalized spacial score (nSPS) is 19.0. The Labute approximate surface area is 133 Å². The molecule has 0 radical (unpaired) electrons. The predicted octanol–water partition coefficient (Wildman–Crippen LogP) is 1.96. The maximum absolute atomic E-state index is 12.6. The first-order valence-electron chi connectivity index (χ1n) is 6.46. The van der Waals surface area contributed by atoms with Crippen molar-refractivity contribution in [3.05, 3.63) is 27.7 Å². The molecule has 1 aliphatic heterocycles. The number of hydrogen-bond acceptors (Lipinski definition) is 4. The number of nitrogens with two attached hydrogens (primary N) is 1. The summed E-state index contributed by atoms with van der Waals surface area (Å²) < 4.78 is 23.4. The summed E-state index contributed by atoms with van der Waals surface area (Å²) in [5.74, 6) is -0.311. The van der Waals surface area contributed by atoms with Crippen molar-refractivity contribution in [2.24, 2.45) is 5.73 Å². The molecule has 0 saturated carbocycles. The summed E-state index contributed by atoms with van der Waals surface area (Å²) in [6, 6.07) is 2.50. The van der Waals surface area contributed by atoms with E-state index < -0.39 is 9.84 Å². The van der Waals surface area contributed by atoms with Crippen LogP contribution in [0.2, 0.25) is 10.0 Å². The lowest BCUT2D eigenvalue weighted by Crippen LogP contribution is -2.40. The molecule has 8 heteroatoms. The van der Waals surface area contributed by atoms with Crippen molar-refractivity contribution in [1.82, 2.24) is 4.90 Å². The molecule has 116 valence electrons. The molecule has 0 aliphatic carbocycles. The van der Waals surface area contributed by atoms with E-state index in [0.29, 0.717) is 13.1 Å². The molecule has 1 heterocycles. The van der Waals surface area contributed by atoms with Crippen LogP contribution in [0.4, 0.5) is 0 Å². The standard InChI is InChI=1S/C13H16Cl2N2O3S/c1-21(19,20)12-5-9(10(14)6-11(12)15)13(18)17-4-2-3-8(17)7-16/h5-6,8H,2-4,7,16H2,1H3/t8-/m1/s1. The number of carbonyl (C=O) groups excluding carboxylic acids is 1. The third-order valence-electron chi connectivity index (χ3n) is 3.56. The number of carbonyl (C=O) groups is 1. The Morgan fingerprint density at radius 3 is 2.62 bits per heavy atom. The predicted molar refractivity (Wildman–Crippen MR) is 82.7 cm³/mol. The first-order chi connectivity index (χ1) is 9.75. The average molecular weight is 351 g/mol. The molecule has 2 rings (SSSR count). The van der Waals surface area contributed by atoms with Crippen LogP contribution < -0.4 is 5.73 Å². The molecule has 0 aromatic heterocycles. The van der Waals surface area contributed by atoms with Crippen LogP contribution >= 0.6 is 23.2 Å². The smallest absolute Gasteiger partial charge is 0.255 e. The van der Waals surface area contributed by atoms with Gasteiger partial charge in [0.25, 0.3) is 5.91 Å². The first kappa shape index (κ1) is 16.5. The minimum atomic E-state index is -3.53. The van der Waals surface area contributed by atoms with Gasteiger partial charge in [0.2, 0.25) is 0 Å². The molecule has 0 unspecified atom stereocenters. The highest BCUT2D eigenvalue weighted by Crippen LogP contribution is 2.31. The lowest BCUT2D eigenvalue weighted by atomic mass is 10.1. The van der Waals surface area contributed by atoms with Gasteiger partial charge in [0.05, 0.1) is 20.5 Å². The highest BCUT2D eigenvalue weighted by Gasteiger charge is 2.30. The monoisotopic (exact) mass is 350 g/mol. The minimum absolute atomic E-state index is 0.0100. The van der Waals surface area contributed by atoms with E-state index >= 15 is 0 Å². The van der Waals surface area contributed by atoms with Crippen molar-refractivity contribution in [3.8, 4) is 0 Å². The van der Waals surface area contributed by atoms with Gasteiger partial charge in [0, 0.05) is 25.4 Å². The van der Waals surface area contributed by atoms with Crippen molar-refractivity contribution in [3.63, 3.8) is 0 Å². The molecule has 1 aromatic rings. The molecule has 1 fully saturated rings. The topological polar surface area (TPSA) is 80.5 Å². The lowest BCUT2D eigenvalue weighted by Gasteiger charge is -2.24. The first-order valence-corrected chi connectivity index (χ1v) is 9.10. The zero-order chi connectivity index (χ0) is 15.8. The van der Waals surface area contributed by atoms with Crippen LogP contribution in [-0.4, -0.2) is 44.6 Å². The van der Waals surface area contributed by atoms with Crippen LogP contribution in [0.1, 0.15) is 23.2 Å². The quantitative estimate of drug-likeness (QED) is 0.903. The van der Waals surface area contributed by atoms with Crippen LogP contribution in [0, 0.1) is 0 Å². The van der Waals surface area contributed by atoms with Crippen LogP contribution in [0.15, 0.2) is 17.0 Å². The van der Waals surface area contributed by atoms with E-state index in [4.69, 9.17) is 28.9 Å². The van der Waals surface area contributed by atoms with Gasteiger partial charge in [-0.15, -0.1) is 0 Å². The molecule has 1 aliphatic rings. The Balaban J connectivity index is 2.46. The van der Waals surface area contributed by atoms with E-state index in [1.807, 2.05) is 0 Å². The maximum Gasteiger partial charge on any atom is 0.255 e. The molecule has 0 spiro atoms. The molecule has 0 bridgehead atoms. The summed E-state index contributed by atoms with van der Waals surface area (Å²) in [7, 11) is -3.53. The SMILES string of the molecule is CS(=O)(=O)c1cc(C(=O)N2CCC[C@@H]2CN)c(Cl)cc1Cl. The molecule has 1 saturated heterocycles. The van der Waals surface area contributed by atoms with Gasteiger partial charge in [-0.3, -0.25) is 4.79 Å². The Morgan fingerprint density at radius 1 is 1.38 bits per heavy atom. The van der Waals surface area contributed by atoms with Crippen LogP contribution in [-0.2, 0) is 9.84 Å². The minimum Gasteiger partial charge on any atom is -0.334 e. The second-order valence-corrected chi connectivity index (χ2v) is 7.86. The van der Waals surface area contributed by atoms with E-state index in [9.17, 15) is 13.2 Å². The van der Waals surface area contributed by atoms with E-state index in [1.165, 1.54) is 12.1 Å². The molecule has 1 aromatic carbocycles. The molecule has 2 N–H and O–H groups in total.